The normalized spacial score (nSPS) is 10.4. The first-order valence-corrected chi connectivity index (χ1v) is 8.55. The van der Waals surface area contributed by atoms with E-state index in [1.54, 1.807) is 25.1 Å². The summed E-state index contributed by atoms with van der Waals surface area (Å²) in [6.07, 6.45) is 0. The maximum atomic E-state index is 12.0. The Hall–Kier alpha value is -3.41. The highest BCUT2D eigenvalue weighted by Crippen LogP contribution is 2.21. The highest BCUT2D eigenvalue weighted by atomic mass is 16.5. The number of oxazole rings is 1. The molecule has 2 aromatic carbocycles. The number of rotatable bonds is 6. The monoisotopic (exact) mass is 364 g/mol. The van der Waals surface area contributed by atoms with Crippen molar-refractivity contribution in [1.82, 2.24) is 10.3 Å². The van der Waals surface area contributed by atoms with Crippen LogP contribution in [0.2, 0.25) is 0 Å². The molecule has 0 bridgehead atoms. The predicted octanol–water partition coefficient (Wildman–Crippen LogP) is 3.43. The Morgan fingerprint density at radius 2 is 1.85 bits per heavy atom. The molecule has 0 radical (unpaired) electrons. The quantitative estimate of drug-likeness (QED) is 0.678. The first-order valence-electron chi connectivity index (χ1n) is 8.55. The van der Waals surface area contributed by atoms with E-state index < -0.39 is 5.97 Å². The van der Waals surface area contributed by atoms with E-state index in [-0.39, 0.29) is 19.1 Å². The van der Waals surface area contributed by atoms with Crippen molar-refractivity contribution in [3.63, 3.8) is 0 Å². The molecule has 27 heavy (non-hydrogen) atoms. The largest absolute Gasteiger partial charge is 0.458 e. The lowest BCUT2D eigenvalue weighted by Crippen LogP contribution is -2.30. The molecule has 0 unspecified atom stereocenters. The molecular weight excluding hydrogens is 344 g/mol. The van der Waals surface area contributed by atoms with Crippen LogP contribution in [0.25, 0.3) is 11.5 Å². The molecule has 3 rings (SSSR count). The first kappa shape index (κ1) is 18.4. The van der Waals surface area contributed by atoms with Gasteiger partial charge in [0.15, 0.2) is 0 Å². The maximum Gasteiger partial charge on any atom is 0.325 e. The zero-order valence-corrected chi connectivity index (χ0v) is 15.2. The molecule has 1 heterocycles. The van der Waals surface area contributed by atoms with Gasteiger partial charge in [0.25, 0.3) is 5.91 Å². The zero-order chi connectivity index (χ0) is 19.2. The molecule has 0 saturated carbocycles. The number of esters is 1. The number of nitrogens with zero attached hydrogens (tertiary/aromatic N) is 1. The molecule has 1 amide bonds. The lowest BCUT2D eigenvalue weighted by atomic mass is 10.1. The Morgan fingerprint density at radius 1 is 1.07 bits per heavy atom. The second-order valence-corrected chi connectivity index (χ2v) is 6.10. The minimum absolute atomic E-state index is 0.0126. The van der Waals surface area contributed by atoms with E-state index in [2.05, 4.69) is 10.3 Å². The van der Waals surface area contributed by atoms with Crippen LogP contribution in [-0.2, 0) is 16.1 Å². The number of aryl methyl sites for hydroxylation is 2. The number of aromatic nitrogens is 1. The van der Waals surface area contributed by atoms with Gasteiger partial charge in [-0.15, -0.1) is 0 Å². The van der Waals surface area contributed by atoms with Crippen molar-refractivity contribution in [2.45, 2.75) is 20.5 Å². The number of carbonyl (C=O) groups excluding carboxylic acids is 2. The third-order valence-electron chi connectivity index (χ3n) is 3.96. The number of amides is 1. The number of benzene rings is 2. The van der Waals surface area contributed by atoms with Crippen LogP contribution in [0.5, 0.6) is 0 Å². The summed E-state index contributed by atoms with van der Waals surface area (Å²) < 4.78 is 10.8. The Labute approximate surface area is 157 Å². The maximum absolute atomic E-state index is 12.0. The molecule has 0 aliphatic rings. The van der Waals surface area contributed by atoms with Crippen molar-refractivity contribution in [1.29, 1.82) is 0 Å². The van der Waals surface area contributed by atoms with E-state index in [1.165, 1.54) is 0 Å². The van der Waals surface area contributed by atoms with Crippen molar-refractivity contribution in [2.24, 2.45) is 0 Å². The summed E-state index contributed by atoms with van der Waals surface area (Å²) in [4.78, 5) is 28.3. The van der Waals surface area contributed by atoms with E-state index in [9.17, 15) is 9.59 Å². The van der Waals surface area contributed by atoms with Crippen LogP contribution < -0.4 is 5.32 Å². The summed E-state index contributed by atoms with van der Waals surface area (Å²) in [5, 5.41) is 2.55. The van der Waals surface area contributed by atoms with Gasteiger partial charge in [-0.25, -0.2) is 4.98 Å². The fourth-order valence-corrected chi connectivity index (χ4v) is 2.51. The van der Waals surface area contributed by atoms with Crippen LogP contribution in [-0.4, -0.2) is 23.4 Å². The van der Waals surface area contributed by atoms with Gasteiger partial charge >= 0.3 is 5.97 Å². The van der Waals surface area contributed by atoms with Gasteiger partial charge in [0.1, 0.15) is 24.6 Å². The summed E-state index contributed by atoms with van der Waals surface area (Å²) in [6, 6.07) is 16.6. The molecule has 0 aliphatic carbocycles. The van der Waals surface area contributed by atoms with Crippen LogP contribution in [0.4, 0.5) is 0 Å². The van der Waals surface area contributed by atoms with Gasteiger partial charge in [-0.05, 0) is 38.1 Å². The van der Waals surface area contributed by atoms with Crippen LogP contribution >= 0.6 is 0 Å². The fraction of sp³-hybridized carbons (Fsp3) is 0.190. The molecule has 138 valence electrons. The van der Waals surface area contributed by atoms with Crippen molar-refractivity contribution < 1.29 is 18.7 Å². The van der Waals surface area contributed by atoms with Gasteiger partial charge in [0.2, 0.25) is 5.89 Å². The second kappa shape index (κ2) is 8.31. The van der Waals surface area contributed by atoms with Crippen molar-refractivity contribution >= 4 is 11.9 Å². The number of hydrogen-bond acceptors (Lipinski definition) is 5. The summed E-state index contributed by atoms with van der Waals surface area (Å²) >= 11 is 0. The third-order valence-corrected chi connectivity index (χ3v) is 3.96. The Morgan fingerprint density at radius 3 is 2.59 bits per heavy atom. The molecule has 1 aromatic heterocycles. The van der Waals surface area contributed by atoms with Crippen LogP contribution in [0, 0.1) is 13.8 Å². The Balaban J connectivity index is 1.52. The summed E-state index contributed by atoms with van der Waals surface area (Å²) in [6.45, 7) is 3.44. The minimum Gasteiger partial charge on any atom is -0.458 e. The smallest absolute Gasteiger partial charge is 0.325 e. The lowest BCUT2D eigenvalue weighted by Gasteiger charge is -2.06. The molecule has 0 fully saturated rings. The molecule has 0 saturated heterocycles. The van der Waals surface area contributed by atoms with Crippen molar-refractivity contribution in [2.75, 3.05) is 6.54 Å². The summed E-state index contributed by atoms with van der Waals surface area (Å²) in [5.74, 6) is 0.205. The van der Waals surface area contributed by atoms with Gasteiger partial charge in [-0.2, -0.15) is 0 Å². The molecule has 3 aromatic rings. The van der Waals surface area contributed by atoms with E-state index in [4.69, 9.17) is 9.15 Å². The zero-order valence-electron chi connectivity index (χ0n) is 15.2. The third kappa shape index (κ3) is 4.82. The van der Waals surface area contributed by atoms with Gasteiger partial charge in [-0.3, -0.25) is 9.59 Å². The average Bonchev–Trinajstić information content (AvgIpc) is 3.06. The molecule has 0 spiro atoms. The van der Waals surface area contributed by atoms with Gasteiger partial charge in [0, 0.05) is 11.1 Å². The summed E-state index contributed by atoms with van der Waals surface area (Å²) in [5.41, 5.74) is 2.87. The second-order valence-electron chi connectivity index (χ2n) is 6.10. The molecular formula is C21H20N2O4. The topological polar surface area (TPSA) is 81.4 Å². The summed E-state index contributed by atoms with van der Waals surface area (Å²) in [7, 11) is 0. The van der Waals surface area contributed by atoms with E-state index in [0.717, 1.165) is 11.1 Å². The van der Waals surface area contributed by atoms with Gasteiger partial charge in [0.05, 0.1) is 0 Å². The number of carbonyl (C=O) groups is 2. The van der Waals surface area contributed by atoms with Crippen LogP contribution in [0.1, 0.15) is 27.4 Å². The van der Waals surface area contributed by atoms with Gasteiger partial charge < -0.3 is 14.5 Å². The molecule has 1 N–H and O–H groups in total. The molecule has 6 heteroatoms. The Kier molecular flexibility index (Phi) is 5.66. The highest BCUT2D eigenvalue weighted by molar-refractivity contribution is 5.96. The SMILES string of the molecule is Cc1cccc(C(=O)NCC(=O)OCc2nc(-c3ccccc3)oc2C)c1. The molecule has 0 aliphatic heterocycles. The predicted molar refractivity (Wildman–Crippen MR) is 100.0 cm³/mol. The number of ether oxygens (including phenoxy) is 1. The lowest BCUT2D eigenvalue weighted by molar-refractivity contribution is -0.143. The molecule has 6 nitrogen and oxygen atoms in total. The fourth-order valence-electron chi connectivity index (χ4n) is 2.51. The van der Waals surface area contributed by atoms with Crippen molar-refractivity contribution in [3.8, 4) is 11.5 Å². The van der Waals surface area contributed by atoms with Gasteiger partial charge in [-0.1, -0.05) is 35.9 Å². The van der Waals surface area contributed by atoms with Crippen LogP contribution in [0.3, 0.4) is 0 Å². The minimum atomic E-state index is -0.542. The van der Waals surface area contributed by atoms with E-state index >= 15 is 0 Å². The number of hydrogen-bond donors (Lipinski definition) is 1. The average molecular weight is 364 g/mol. The highest BCUT2D eigenvalue weighted by Gasteiger charge is 2.14. The van der Waals surface area contributed by atoms with Crippen molar-refractivity contribution in [3.05, 3.63) is 77.2 Å². The molecule has 0 atom stereocenters. The first-order chi connectivity index (χ1) is 13.0. The van der Waals surface area contributed by atoms with Crippen LogP contribution in [0.15, 0.2) is 59.0 Å². The number of nitrogens with one attached hydrogen (secondary N) is 1. The van der Waals surface area contributed by atoms with E-state index in [1.807, 2.05) is 43.3 Å². The standard InChI is InChI=1S/C21H20N2O4/c1-14-7-6-10-17(11-14)20(25)22-12-19(24)26-13-18-15(2)27-21(23-18)16-8-4-3-5-9-16/h3-11H,12-13H2,1-2H3,(H,22,25). The Bertz CT molecular complexity index is 948. The van der Waals surface area contributed by atoms with E-state index in [0.29, 0.717) is 22.9 Å².